The summed E-state index contributed by atoms with van der Waals surface area (Å²) in [6.07, 6.45) is 7.46. The third-order valence-corrected chi connectivity index (χ3v) is 4.09. The van der Waals surface area contributed by atoms with Crippen molar-refractivity contribution < 1.29 is 0 Å². The first-order valence-corrected chi connectivity index (χ1v) is 6.93. The van der Waals surface area contributed by atoms with Crippen LogP contribution in [0.1, 0.15) is 70.6 Å². The van der Waals surface area contributed by atoms with Crippen LogP contribution >= 0.6 is 0 Å². The summed E-state index contributed by atoms with van der Waals surface area (Å²) in [6.45, 7) is 9.09. The van der Waals surface area contributed by atoms with Crippen molar-refractivity contribution in [1.82, 2.24) is 4.98 Å². The third kappa shape index (κ3) is 3.08. The zero-order chi connectivity index (χ0) is 12.5. The molecule has 0 aromatic carbocycles. The molecule has 1 aromatic rings. The molecule has 0 saturated heterocycles. The molecule has 1 nitrogen and oxygen atoms in total. The second-order valence-corrected chi connectivity index (χ2v) is 6.68. The SMILES string of the molecule is CC(C)(C)c1ccc([C@H]2CC[C@H](C)CC2)nc1. The van der Waals surface area contributed by atoms with Gasteiger partial charge in [0.1, 0.15) is 0 Å². The van der Waals surface area contributed by atoms with Crippen LogP contribution in [0.2, 0.25) is 0 Å². The zero-order valence-electron chi connectivity index (χ0n) is 11.7. The van der Waals surface area contributed by atoms with Crippen LogP contribution < -0.4 is 0 Å². The zero-order valence-corrected chi connectivity index (χ0v) is 11.7. The van der Waals surface area contributed by atoms with Crippen LogP contribution in [0.5, 0.6) is 0 Å². The Hall–Kier alpha value is -0.850. The van der Waals surface area contributed by atoms with Crippen LogP contribution in [-0.4, -0.2) is 4.98 Å². The van der Waals surface area contributed by atoms with Crippen molar-refractivity contribution in [2.75, 3.05) is 0 Å². The van der Waals surface area contributed by atoms with Crippen LogP contribution in [0.4, 0.5) is 0 Å². The molecule has 1 aliphatic carbocycles. The summed E-state index contributed by atoms with van der Waals surface area (Å²) in [5.74, 6) is 1.63. The van der Waals surface area contributed by atoms with Gasteiger partial charge in [-0.3, -0.25) is 4.98 Å². The average molecular weight is 231 g/mol. The number of pyridine rings is 1. The van der Waals surface area contributed by atoms with Crippen molar-refractivity contribution in [1.29, 1.82) is 0 Å². The Morgan fingerprint density at radius 2 is 1.71 bits per heavy atom. The van der Waals surface area contributed by atoms with Gasteiger partial charge in [-0.05, 0) is 35.8 Å². The van der Waals surface area contributed by atoms with E-state index in [2.05, 4.69) is 46.0 Å². The second kappa shape index (κ2) is 4.80. The van der Waals surface area contributed by atoms with Crippen LogP contribution in [0.15, 0.2) is 18.3 Å². The van der Waals surface area contributed by atoms with Gasteiger partial charge >= 0.3 is 0 Å². The lowest BCUT2D eigenvalue weighted by molar-refractivity contribution is 0.344. The molecule has 1 aromatic heterocycles. The normalized spacial score (nSPS) is 25.9. The fourth-order valence-electron chi connectivity index (χ4n) is 2.65. The van der Waals surface area contributed by atoms with E-state index in [0.29, 0.717) is 5.92 Å². The Labute approximate surface area is 106 Å². The highest BCUT2D eigenvalue weighted by molar-refractivity contribution is 5.23. The van der Waals surface area contributed by atoms with Crippen molar-refractivity contribution in [2.45, 2.75) is 64.7 Å². The predicted molar refractivity (Wildman–Crippen MR) is 73.3 cm³/mol. The van der Waals surface area contributed by atoms with Gasteiger partial charge in [0.2, 0.25) is 0 Å². The molecule has 1 saturated carbocycles. The lowest BCUT2D eigenvalue weighted by Crippen LogP contribution is -2.14. The van der Waals surface area contributed by atoms with Crippen LogP contribution in [0.3, 0.4) is 0 Å². The maximum atomic E-state index is 4.69. The highest BCUT2D eigenvalue weighted by atomic mass is 14.7. The lowest BCUT2D eigenvalue weighted by Gasteiger charge is -2.26. The standard InChI is InChI=1S/C16H25N/c1-12-5-7-13(8-6-12)15-10-9-14(11-17-15)16(2,3)4/h9-13H,5-8H2,1-4H3/t12-,13-. The Kier molecular flexibility index (Phi) is 3.56. The molecule has 0 unspecified atom stereocenters. The molecule has 94 valence electrons. The van der Waals surface area contributed by atoms with E-state index in [1.54, 1.807) is 0 Å². The summed E-state index contributed by atoms with van der Waals surface area (Å²) in [5.41, 5.74) is 2.86. The van der Waals surface area contributed by atoms with Gasteiger partial charge in [0, 0.05) is 17.8 Å². The molecule has 0 spiro atoms. The number of rotatable bonds is 1. The van der Waals surface area contributed by atoms with Gasteiger partial charge in [-0.2, -0.15) is 0 Å². The topological polar surface area (TPSA) is 12.9 Å². The van der Waals surface area contributed by atoms with Crippen molar-refractivity contribution in [2.24, 2.45) is 5.92 Å². The fraction of sp³-hybridized carbons (Fsp3) is 0.688. The molecule has 1 heterocycles. The molecule has 17 heavy (non-hydrogen) atoms. The van der Waals surface area contributed by atoms with Crippen LogP contribution in [0, 0.1) is 5.92 Å². The Morgan fingerprint density at radius 3 is 2.18 bits per heavy atom. The van der Waals surface area contributed by atoms with Gasteiger partial charge in [0.15, 0.2) is 0 Å². The number of hydrogen-bond donors (Lipinski definition) is 0. The highest BCUT2D eigenvalue weighted by Gasteiger charge is 2.21. The average Bonchev–Trinajstić information content (AvgIpc) is 2.29. The number of aromatic nitrogens is 1. The highest BCUT2D eigenvalue weighted by Crippen LogP contribution is 2.35. The monoisotopic (exact) mass is 231 g/mol. The minimum atomic E-state index is 0.215. The predicted octanol–water partition coefficient (Wildman–Crippen LogP) is 4.67. The first-order chi connectivity index (χ1) is 7.97. The molecule has 0 bridgehead atoms. The lowest BCUT2D eigenvalue weighted by atomic mass is 9.81. The first kappa shape index (κ1) is 12.6. The molecule has 1 aliphatic rings. The van der Waals surface area contributed by atoms with Crippen molar-refractivity contribution in [3.05, 3.63) is 29.6 Å². The minimum Gasteiger partial charge on any atom is -0.261 e. The summed E-state index contributed by atoms with van der Waals surface area (Å²) in [5, 5.41) is 0. The van der Waals surface area contributed by atoms with E-state index < -0.39 is 0 Å². The quantitative estimate of drug-likeness (QED) is 0.684. The summed E-state index contributed by atoms with van der Waals surface area (Å²) >= 11 is 0. The van der Waals surface area contributed by atoms with E-state index in [1.165, 1.54) is 36.9 Å². The van der Waals surface area contributed by atoms with Crippen molar-refractivity contribution in [3.63, 3.8) is 0 Å². The van der Waals surface area contributed by atoms with E-state index in [-0.39, 0.29) is 5.41 Å². The molecule has 1 heteroatoms. The summed E-state index contributed by atoms with van der Waals surface area (Å²) in [7, 11) is 0. The van der Waals surface area contributed by atoms with E-state index in [9.17, 15) is 0 Å². The molecule has 1 fully saturated rings. The van der Waals surface area contributed by atoms with Crippen molar-refractivity contribution >= 4 is 0 Å². The fourth-order valence-corrected chi connectivity index (χ4v) is 2.65. The van der Waals surface area contributed by atoms with Gasteiger partial charge in [0.05, 0.1) is 0 Å². The smallest absolute Gasteiger partial charge is 0.0434 e. The molecule has 0 amide bonds. The van der Waals surface area contributed by atoms with E-state index >= 15 is 0 Å². The first-order valence-electron chi connectivity index (χ1n) is 6.93. The summed E-state index contributed by atoms with van der Waals surface area (Å²) < 4.78 is 0. The van der Waals surface area contributed by atoms with Gasteiger partial charge in [-0.25, -0.2) is 0 Å². The minimum absolute atomic E-state index is 0.215. The largest absolute Gasteiger partial charge is 0.261 e. The van der Waals surface area contributed by atoms with E-state index in [0.717, 1.165) is 5.92 Å². The van der Waals surface area contributed by atoms with E-state index in [1.807, 2.05) is 0 Å². The number of nitrogens with zero attached hydrogens (tertiary/aromatic N) is 1. The summed E-state index contributed by atoms with van der Waals surface area (Å²) in [6, 6.07) is 4.52. The van der Waals surface area contributed by atoms with Gasteiger partial charge in [0.25, 0.3) is 0 Å². The second-order valence-electron chi connectivity index (χ2n) is 6.68. The van der Waals surface area contributed by atoms with Gasteiger partial charge in [-0.1, -0.05) is 46.6 Å². The van der Waals surface area contributed by atoms with Crippen LogP contribution in [-0.2, 0) is 5.41 Å². The Morgan fingerprint density at radius 1 is 1.06 bits per heavy atom. The molecular weight excluding hydrogens is 206 g/mol. The maximum Gasteiger partial charge on any atom is 0.0434 e. The Balaban J connectivity index is 2.08. The molecule has 0 atom stereocenters. The molecule has 0 radical (unpaired) electrons. The van der Waals surface area contributed by atoms with Gasteiger partial charge < -0.3 is 0 Å². The summed E-state index contributed by atoms with van der Waals surface area (Å²) in [4.78, 5) is 4.69. The van der Waals surface area contributed by atoms with E-state index in [4.69, 9.17) is 4.98 Å². The third-order valence-electron chi connectivity index (χ3n) is 4.09. The molecule has 0 N–H and O–H groups in total. The molecule has 0 aliphatic heterocycles. The van der Waals surface area contributed by atoms with Crippen molar-refractivity contribution in [3.8, 4) is 0 Å². The van der Waals surface area contributed by atoms with Gasteiger partial charge in [-0.15, -0.1) is 0 Å². The van der Waals surface area contributed by atoms with Crippen LogP contribution in [0.25, 0.3) is 0 Å². The molecule has 2 rings (SSSR count). The Bertz CT molecular complexity index is 350. The maximum absolute atomic E-state index is 4.69. The number of hydrogen-bond acceptors (Lipinski definition) is 1. The molecular formula is C16H25N.